The summed E-state index contributed by atoms with van der Waals surface area (Å²) in [6.45, 7) is 8.02. The molecule has 6 nitrogen and oxygen atoms in total. The first kappa shape index (κ1) is 14.7. The number of hydrogen-bond donors (Lipinski definition) is 3. The van der Waals surface area contributed by atoms with Gasteiger partial charge in [-0.15, -0.1) is 0 Å². The van der Waals surface area contributed by atoms with Crippen molar-refractivity contribution in [1.82, 2.24) is 15.2 Å². The fourth-order valence-electron chi connectivity index (χ4n) is 2.58. The molecular formula is C14H23N5O. The molecule has 0 bridgehead atoms. The molecule has 0 aliphatic carbocycles. The van der Waals surface area contributed by atoms with Crippen LogP contribution in [0.15, 0.2) is 12.1 Å². The van der Waals surface area contributed by atoms with Crippen LogP contribution in [0.5, 0.6) is 0 Å². The molecule has 2 heterocycles. The molecule has 1 aromatic rings. The highest BCUT2D eigenvalue weighted by Gasteiger charge is 2.21. The Hall–Kier alpha value is -1.66. The number of nitrogen functional groups attached to an aromatic ring is 1. The average Bonchev–Trinajstić information content (AvgIpc) is 2.92. The maximum atomic E-state index is 12.2. The van der Waals surface area contributed by atoms with Crippen molar-refractivity contribution in [2.24, 2.45) is 11.8 Å². The van der Waals surface area contributed by atoms with Crippen molar-refractivity contribution in [2.45, 2.75) is 20.3 Å². The molecule has 4 N–H and O–H groups in total. The Labute approximate surface area is 119 Å². The quantitative estimate of drug-likeness (QED) is 0.546. The number of anilines is 1. The number of likely N-dealkylation sites (tertiary alicyclic amines) is 1. The van der Waals surface area contributed by atoms with E-state index in [1.165, 1.54) is 0 Å². The SMILES string of the molecule is CCN1CCC(CNC(=O)c2cc(C)nc(NN)c2)C1. The van der Waals surface area contributed by atoms with E-state index in [4.69, 9.17) is 5.84 Å². The topological polar surface area (TPSA) is 83.3 Å². The van der Waals surface area contributed by atoms with Gasteiger partial charge < -0.3 is 15.6 Å². The molecule has 1 amide bonds. The van der Waals surface area contributed by atoms with Crippen molar-refractivity contribution >= 4 is 11.7 Å². The molecule has 0 aromatic carbocycles. The number of amides is 1. The van der Waals surface area contributed by atoms with E-state index < -0.39 is 0 Å². The van der Waals surface area contributed by atoms with Gasteiger partial charge in [-0.05, 0) is 44.5 Å². The highest BCUT2D eigenvalue weighted by atomic mass is 16.1. The fraction of sp³-hybridized carbons (Fsp3) is 0.571. The number of hydrazine groups is 1. The van der Waals surface area contributed by atoms with Gasteiger partial charge >= 0.3 is 0 Å². The molecule has 1 saturated heterocycles. The van der Waals surface area contributed by atoms with Gasteiger partial charge in [-0.1, -0.05) is 6.92 Å². The predicted octanol–water partition coefficient (Wildman–Crippen LogP) is 0.747. The highest BCUT2D eigenvalue weighted by Crippen LogP contribution is 2.15. The third kappa shape index (κ3) is 3.68. The first-order valence-corrected chi connectivity index (χ1v) is 7.08. The molecule has 0 saturated carbocycles. The minimum absolute atomic E-state index is 0.0676. The Kier molecular flexibility index (Phi) is 4.92. The van der Waals surface area contributed by atoms with Gasteiger partial charge in [-0.3, -0.25) is 4.79 Å². The number of aromatic nitrogens is 1. The van der Waals surface area contributed by atoms with Crippen LogP contribution in [0.1, 0.15) is 29.4 Å². The summed E-state index contributed by atoms with van der Waals surface area (Å²) in [6, 6.07) is 3.43. The second-order valence-corrected chi connectivity index (χ2v) is 5.28. The standard InChI is InChI=1S/C14H23N5O/c1-3-19-5-4-11(9-19)8-16-14(20)12-6-10(2)17-13(7-12)18-15/h6-7,11H,3-5,8-9,15H2,1-2H3,(H,16,20)(H,17,18). The van der Waals surface area contributed by atoms with Crippen LogP contribution in [0.2, 0.25) is 0 Å². The van der Waals surface area contributed by atoms with Crippen LogP contribution in [0, 0.1) is 12.8 Å². The van der Waals surface area contributed by atoms with Crippen molar-refractivity contribution < 1.29 is 4.79 Å². The van der Waals surface area contributed by atoms with Gasteiger partial charge in [0.25, 0.3) is 5.91 Å². The van der Waals surface area contributed by atoms with Gasteiger partial charge in [0, 0.05) is 24.3 Å². The van der Waals surface area contributed by atoms with Crippen LogP contribution in [-0.2, 0) is 0 Å². The van der Waals surface area contributed by atoms with Gasteiger partial charge in [0.05, 0.1) is 0 Å². The van der Waals surface area contributed by atoms with E-state index in [1.807, 2.05) is 6.92 Å². The molecule has 1 atom stereocenters. The highest BCUT2D eigenvalue weighted by molar-refractivity contribution is 5.94. The lowest BCUT2D eigenvalue weighted by molar-refractivity contribution is 0.0947. The van der Waals surface area contributed by atoms with Crippen molar-refractivity contribution in [2.75, 3.05) is 31.6 Å². The minimum atomic E-state index is -0.0676. The van der Waals surface area contributed by atoms with Crippen molar-refractivity contribution in [1.29, 1.82) is 0 Å². The monoisotopic (exact) mass is 277 g/mol. The van der Waals surface area contributed by atoms with Crippen molar-refractivity contribution in [3.05, 3.63) is 23.4 Å². The molecule has 110 valence electrons. The minimum Gasteiger partial charge on any atom is -0.352 e. The lowest BCUT2D eigenvalue weighted by Crippen LogP contribution is -2.31. The Morgan fingerprint density at radius 1 is 1.55 bits per heavy atom. The second kappa shape index (κ2) is 6.67. The van der Waals surface area contributed by atoms with E-state index in [0.717, 1.165) is 38.3 Å². The van der Waals surface area contributed by atoms with Crippen LogP contribution in [-0.4, -0.2) is 42.0 Å². The smallest absolute Gasteiger partial charge is 0.251 e. The predicted molar refractivity (Wildman–Crippen MR) is 79.3 cm³/mol. The zero-order valence-corrected chi connectivity index (χ0v) is 12.1. The lowest BCUT2D eigenvalue weighted by Gasteiger charge is -2.14. The number of nitrogens with one attached hydrogen (secondary N) is 2. The van der Waals surface area contributed by atoms with Gasteiger partial charge in [-0.2, -0.15) is 0 Å². The third-order valence-electron chi connectivity index (χ3n) is 3.73. The molecule has 2 rings (SSSR count). The number of carbonyl (C=O) groups excluding carboxylic acids is 1. The van der Waals surface area contributed by atoms with Crippen molar-refractivity contribution in [3.8, 4) is 0 Å². The maximum absolute atomic E-state index is 12.2. The number of pyridine rings is 1. The first-order valence-electron chi connectivity index (χ1n) is 7.08. The number of nitrogens with zero attached hydrogens (tertiary/aromatic N) is 2. The fourth-order valence-corrected chi connectivity index (χ4v) is 2.58. The lowest BCUT2D eigenvalue weighted by atomic mass is 10.1. The van der Waals surface area contributed by atoms with E-state index in [1.54, 1.807) is 12.1 Å². The maximum Gasteiger partial charge on any atom is 0.251 e. The average molecular weight is 277 g/mol. The molecule has 0 radical (unpaired) electrons. The van der Waals surface area contributed by atoms with E-state index in [9.17, 15) is 4.79 Å². The summed E-state index contributed by atoms with van der Waals surface area (Å²) >= 11 is 0. The van der Waals surface area contributed by atoms with Gasteiger partial charge in [0.1, 0.15) is 5.82 Å². The Morgan fingerprint density at radius 2 is 2.35 bits per heavy atom. The van der Waals surface area contributed by atoms with Crippen molar-refractivity contribution in [3.63, 3.8) is 0 Å². The van der Waals surface area contributed by atoms with Crippen LogP contribution in [0.4, 0.5) is 5.82 Å². The number of hydrogen-bond acceptors (Lipinski definition) is 5. The van der Waals surface area contributed by atoms with Crippen LogP contribution < -0.4 is 16.6 Å². The molecule has 6 heteroatoms. The molecule has 0 spiro atoms. The molecule has 1 fully saturated rings. The molecule has 1 aromatic heterocycles. The van der Waals surface area contributed by atoms with E-state index in [-0.39, 0.29) is 5.91 Å². The number of rotatable bonds is 5. The van der Waals surface area contributed by atoms with E-state index in [0.29, 0.717) is 17.3 Å². The molecule has 1 aliphatic rings. The molecular weight excluding hydrogens is 254 g/mol. The summed E-state index contributed by atoms with van der Waals surface area (Å²) in [5, 5.41) is 3.00. The molecule has 1 unspecified atom stereocenters. The Morgan fingerprint density at radius 3 is 3.00 bits per heavy atom. The van der Waals surface area contributed by atoms with E-state index >= 15 is 0 Å². The zero-order valence-electron chi connectivity index (χ0n) is 12.1. The largest absolute Gasteiger partial charge is 0.352 e. The van der Waals surface area contributed by atoms with Gasteiger partial charge in [0.15, 0.2) is 0 Å². The number of carbonyl (C=O) groups is 1. The normalized spacial score (nSPS) is 19.1. The van der Waals surface area contributed by atoms with Gasteiger partial charge in [0.2, 0.25) is 0 Å². The summed E-state index contributed by atoms with van der Waals surface area (Å²) in [7, 11) is 0. The van der Waals surface area contributed by atoms with Crippen LogP contribution in [0.25, 0.3) is 0 Å². The summed E-state index contributed by atoms with van der Waals surface area (Å²) in [4.78, 5) is 18.7. The van der Waals surface area contributed by atoms with Crippen LogP contribution >= 0.6 is 0 Å². The molecule has 20 heavy (non-hydrogen) atoms. The summed E-state index contributed by atoms with van der Waals surface area (Å²) in [5.41, 5.74) is 3.84. The summed E-state index contributed by atoms with van der Waals surface area (Å²) in [6.07, 6.45) is 1.15. The Bertz CT molecular complexity index is 477. The van der Waals surface area contributed by atoms with E-state index in [2.05, 4.69) is 27.6 Å². The van der Waals surface area contributed by atoms with Crippen LogP contribution in [0.3, 0.4) is 0 Å². The van der Waals surface area contributed by atoms with Gasteiger partial charge in [-0.25, -0.2) is 10.8 Å². The summed E-state index contributed by atoms with van der Waals surface area (Å²) in [5.74, 6) is 6.33. The number of nitrogens with two attached hydrogens (primary N) is 1. The summed E-state index contributed by atoms with van der Waals surface area (Å²) < 4.78 is 0. The third-order valence-corrected chi connectivity index (χ3v) is 3.73. The first-order chi connectivity index (χ1) is 9.62. The number of aryl methyl sites for hydroxylation is 1. The zero-order chi connectivity index (χ0) is 14.5. The molecule has 1 aliphatic heterocycles. The Balaban J connectivity index is 1.90. The second-order valence-electron chi connectivity index (χ2n) is 5.28.